The van der Waals surface area contributed by atoms with Crippen molar-refractivity contribution in [2.24, 2.45) is 0 Å². The zero-order valence-corrected chi connectivity index (χ0v) is 17.0. The SMILES string of the molecule is COC(=O)c1sc2nc(CN(C)[C@@H]3CCOC3)ccc2c1NC(=O)c1ccoc1. The molecule has 1 saturated heterocycles. The van der Waals surface area contributed by atoms with E-state index in [-0.39, 0.29) is 5.91 Å². The largest absolute Gasteiger partial charge is 0.472 e. The molecule has 3 aromatic heterocycles. The first-order valence-electron chi connectivity index (χ1n) is 9.19. The van der Waals surface area contributed by atoms with Gasteiger partial charge in [-0.3, -0.25) is 9.69 Å². The number of carbonyl (C=O) groups is 2. The Kier molecular flexibility index (Phi) is 5.61. The molecule has 8 nitrogen and oxygen atoms in total. The summed E-state index contributed by atoms with van der Waals surface area (Å²) < 4.78 is 15.3. The first-order valence-corrected chi connectivity index (χ1v) is 10.0. The number of hydrogen-bond acceptors (Lipinski definition) is 8. The number of esters is 1. The maximum atomic E-state index is 12.5. The molecule has 29 heavy (non-hydrogen) atoms. The van der Waals surface area contributed by atoms with Crippen molar-refractivity contribution in [3.05, 3.63) is 46.9 Å². The molecule has 0 aliphatic carbocycles. The summed E-state index contributed by atoms with van der Waals surface area (Å²) in [4.78, 5) is 32.7. The topological polar surface area (TPSA) is 93.9 Å². The first-order chi connectivity index (χ1) is 14.1. The summed E-state index contributed by atoms with van der Waals surface area (Å²) in [5.41, 5.74) is 1.65. The van der Waals surface area contributed by atoms with Gasteiger partial charge in [0.05, 0.1) is 36.9 Å². The van der Waals surface area contributed by atoms with Crippen LogP contribution in [-0.4, -0.2) is 55.2 Å². The number of thiophene rings is 1. The second kappa shape index (κ2) is 8.32. The highest BCUT2D eigenvalue weighted by Gasteiger charge is 2.24. The highest BCUT2D eigenvalue weighted by atomic mass is 32.1. The van der Waals surface area contributed by atoms with E-state index in [1.54, 1.807) is 6.07 Å². The zero-order chi connectivity index (χ0) is 20.4. The number of nitrogens with one attached hydrogen (secondary N) is 1. The van der Waals surface area contributed by atoms with Crippen LogP contribution in [0.2, 0.25) is 0 Å². The fourth-order valence-corrected chi connectivity index (χ4v) is 4.37. The van der Waals surface area contributed by atoms with Gasteiger partial charge in [0.15, 0.2) is 0 Å². The van der Waals surface area contributed by atoms with Gasteiger partial charge >= 0.3 is 5.97 Å². The molecule has 152 valence electrons. The number of hydrogen-bond donors (Lipinski definition) is 1. The van der Waals surface area contributed by atoms with Crippen LogP contribution in [0.15, 0.2) is 35.1 Å². The molecule has 0 saturated carbocycles. The maximum absolute atomic E-state index is 12.5. The predicted molar refractivity (Wildman–Crippen MR) is 108 cm³/mol. The van der Waals surface area contributed by atoms with Gasteiger partial charge in [-0.05, 0) is 31.7 Å². The van der Waals surface area contributed by atoms with Crippen LogP contribution in [0.4, 0.5) is 5.69 Å². The molecule has 1 N–H and O–H groups in total. The molecule has 0 unspecified atom stereocenters. The Morgan fingerprint density at radius 1 is 1.38 bits per heavy atom. The number of rotatable bonds is 6. The molecule has 1 fully saturated rings. The summed E-state index contributed by atoms with van der Waals surface area (Å²) >= 11 is 1.20. The third-order valence-corrected chi connectivity index (χ3v) is 6.03. The Balaban J connectivity index is 1.64. The van der Waals surface area contributed by atoms with Crippen LogP contribution in [0.1, 0.15) is 32.1 Å². The van der Waals surface area contributed by atoms with Crippen LogP contribution < -0.4 is 5.32 Å². The minimum Gasteiger partial charge on any atom is -0.472 e. The summed E-state index contributed by atoms with van der Waals surface area (Å²) in [5, 5.41) is 3.50. The van der Waals surface area contributed by atoms with Crippen LogP contribution >= 0.6 is 11.3 Å². The number of nitrogens with zero attached hydrogens (tertiary/aromatic N) is 2. The molecular weight excluding hydrogens is 394 g/mol. The number of furan rings is 1. The highest BCUT2D eigenvalue weighted by molar-refractivity contribution is 7.21. The van der Waals surface area contributed by atoms with Crippen molar-refractivity contribution in [1.29, 1.82) is 0 Å². The highest BCUT2D eigenvalue weighted by Crippen LogP contribution is 2.36. The maximum Gasteiger partial charge on any atom is 0.350 e. The third kappa shape index (κ3) is 4.02. The molecule has 9 heteroatoms. The van der Waals surface area contributed by atoms with Gasteiger partial charge in [-0.25, -0.2) is 9.78 Å². The van der Waals surface area contributed by atoms with Gasteiger partial charge in [0.2, 0.25) is 0 Å². The molecule has 1 atom stereocenters. The Bertz CT molecular complexity index is 1020. The lowest BCUT2D eigenvalue weighted by atomic mass is 10.2. The lowest BCUT2D eigenvalue weighted by Gasteiger charge is -2.22. The second-order valence-electron chi connectivity index (χ2n) is 6.85. The van der Waals surface area contributed by atoms with E-state index in [0.717, 1.165) is 25.3 Å². The van der Waals surface area contributed by atoms with E-state index >= 15 is 0 Å². The number of ether oxygens (including phenoxy) is 2. The molecule has 0 aromatic carbocycles. The van der Waals surface area contributed by atoms with E-state index in [9.17, 15) is 9.59 Å². The standard InChI is InChI=1S/C20H21N3O5S/c1-23(14-6-8-28-11-14)9-13-3-4-15-16(22-18(24)12-5-7-27-10-12)17(20(25)26-2)29-19(15)21-13/h3-5,7,10,14H,6,8-9,11H2,1-2H3,(H,22,24)/t14-/m1/s1. The Hall–Kier alpha value is -2.75. The van der Waals surface area contributed by atoms with Gasteiger partial charge in [0.1, 0.15) is 16.0 Å². The lowest BCUT2D eigenvalue weighted by molar-refractivity contribution is 0.0607. The summed E-state index contributed by atoms with van der Waals surface area (Å²) in [6.07, 6.45) is 3.77. The average Bonchev–Trinajstić information content (AvgIpc) is 3.48. The van der Waals surface area contributed by atoms with Crippen LogP contribution in [0.25, 0.3) is 10.2 Å². The monoisotopic (exact) mass is 415 g/mol. The molecule has 0 bridgehead atoms. The number of aromatic nitrogens is 1. The van der Waals surface area contributed by atoms with Gasteiger partial charge in [-0.2, -0.15) is 0 Å². The fraction of sp³-hybridized carbons (Fsp3) is 0.350. The Morgan fingerprint density at radius 3 is 2.93 bits per heavy atom. The van der Waals surface area contributed by atoms with Crippen molar-refractivity contribution in [3.63, 3.8) is 0 Å². The number of fused-ring (bicyclic) bond motifs is 1. The zero-order valence-electron chi connectivity index (χ0n) is 16.1. The quantitative estimate of drug-likeness (QED) is 0.618. The molecular formula is C20H21N3O5S. The first kappa shape index (κ1) is 19.6. The molecule has 1 aliphatic rings. The van der Waals surface area contributed by atoms with E-state index in [2.05, 4.69) is 17.3 Å². The molecule has 0 radical (unpaired) electrons. The fourth-order valence-electron chi connectivity index (χ4n) is 3.30. The number of amides is 1. The average molecular weight is 415 g/mol. The van der Waals surface area contributed by atoms with Gasteiger partial charge in [-0.1, -0.05) is 0 Å². The number of pyridine rings is 1. The number of likely N-dealkylation sites (N-methyl/N-ethyl adjacent to an activating group) is 1. The molecule has 0 spiro atoms. The van der Waals surface area contributed by atoms with Gasteiger partial charge in [0, 0.05) is 24.6 Å². The normalized spacial score (nSPS) is 16.4. The molecule has 4 heterocycles. The minimum atomic E-state index is -0.516. The van der Waals surface area contributed by atoms with Crippen molar-refractivity contribution in [2.75, 3.05) is 32.7 Å². The molecule has 3 aromatic rings. The molecule has 1 amide bonds. The number of anilines is 1. The van der Waals surface area contributed by atoms with Gasteiger partial charge in [-0.15, -0.1) is 11.3 Å². The van der Waals surface area contributed by atoms with Crippen molar-refractivity contribution >= 4 is 39.1 Å². The lowest BCUT2D eigenvalue weighted by Crippen LogP contribution is -2.31. The van der Waals surface area contributed by atoms with E-state index in [1.165, 1.54) is 31.0 Å². The van der Waals surface area contributed by atoms with Gasteiger partial charge < -0.3 is 19.2 Å². The van der Waals surface area contributed by atoms with E-state index in [0.29, 0.717) is 38.9 Å². The van der Waals surface area contributed by atoms with Crippen molar-refractivity contribution in [1.82, 2.24) is 9.88 Å². The smallest absolute Gasteiger partial charge is 0.350 e. The van der Waals surface area contributed by atoms with Crippen molar-refractivity contribution < 1.29 is 23.5 Å². The van der Waals surface area contributed by atoms with Crippen LogP contribution in [-0.2, 0) is 16.0 Å². The molecule has 1 aliphatic heterocycles. The van der Waals surface area contributed by atoms with Crippen LogP contribution in [0.3, 0.4) is 0 Å². The summed E-state index contributed by atoms with van der Waals surface area (Å²) in [6, 6.07) is 5.73. The van der Waals surface area contributed by atoms with E-state index in [4.69, 9.17) is 18.9 Å². The van der Waals surface area contributed by atoms with Crippen LogP contribution in [0.5, 0.6) is 0 Å². The predicted octanol–water partition coefficient (Wildman–Crippen LogP) is 3.15. The van der Waals surface area contributed by atoms with Crippen molar-refractivity contribution in [3.8, 4) is 0 Å². The minimum absolute atomic E-state index is 0.307. The number of carbonyl (C=O) groups excluding carboxylic acids is 2. The number of methoxy groups -OCH3 is 1. The summed E-state index contributed by atoms with van der Waals surface area (Å²) in [6.45, 7) is 2.19. The Morgan fingerprint density at radius 2 is 2.24 bits per heavy atom. The Labute approximate surface area is 171 Å². The van der Waals surface area contributed by atoms with E-state index in [1.807, 2.05) is 12.1 Å². The van der Waals surface area contributed by atoms with Crippen molar-refractivity contribution in [2.45, 2.75) is 19.0 Å². The summed E-state index contributed by atoms with van der Waals surface area (Å²) in [7, 11) is 3.36. The third-order valence-electron chi connectivity index (χ3n) is 4.95. The van der Waals surface area contributed by atoms with Gasteiger partial charge in [0.25, 0.3) is 5.91 Å². The second-order valence-corrected chi connectivity index (χ2v) is 7.85. The summed E-state index contributed by atoms with van der Waals surface area (Å²) in [5.74, 6) is -0.883. The van der Waals surface area contributed by atoms with Crippen LogP contribution in [0, 0.1) is 0 Å². The van der Waals surface area contributed by atoms with E-state index < -0.39 is 5.97 Å². The molecule has 4 rings (SSSR count).